The summed E-state index contributed by atoms with van der Waals surface area (Å²) in [6.45, 7) is 0. The fourth-order valence-corrected chi connectivity index (χ4v) is 2.82. The summed E-state index contributed by atoms with van der Waals surface area (Å²) in [6.07, 6.45) is 3.02. The zero-order valence-corrected chi connectivity index (χ0v) is 13.1. The molecule has 0 saturated heterocycles. The van der Waals surface area contributed by atoms with Gasteiger partial charge in [-0.25, -0.2) is 0 Å². The van der Waals surface area contributed by atoms with Gasteiger partial charge in [0.2, 0.25) is 5.91 Å². The van der Waals surface area contributed by atoms with E-state index in [1.54, 1.807) is 12.1 Å². The maximum absolute atomic E-state index is 12.2. The predicted octanol–water partition coefficient (Wildman–Crippen LogP) is 2.28. The minimum Gasteiger partial charge on any atom is -0.481 e. The number of hydrogen-bond donors (Lipinski definition) is 3. The van der Waals surface area contributed by atoms with E-state index in [9.17, 15) is 14.4 Å². The third-order valence-corrected chi connectivity index (χ3v) is 4.65. The van der Waals surface area contributed by atoms with Gasteiger partial charge in [0.25, 0.3) is 5.91 Å². The monoisotopic (exact) mass is 336 g/mol. The number of anilines is 1. The van der Waals surface area contributed by atoms with Crippen molar-refractivity contribution in [2.75, 3.05) is 5.32 Å². The van der Waals surface area contributed by atoms with E-state index in [0.29, 0.717) is 29.1 Å². The van der Waals surface area contributed by atoms with Gasteiger partial charge in [-0.05, 0) is 43.9 Å². The van der Waals surface area contributed by atoms with Crippen LogP contribution in [-0.4, -0.2) is 28.9 Å². The van der Waals surface area contributed by atoms with Crippen LogP contribution in [0.5, 0.6) is 0 Å². The van der Waals surface area contributed by atoms with Gasteiger partial charge in [0.15, 0.2) is 0 Å². The molecule has 0 aliphatic heterocycles. The highest BCUT2D eigenvalue weighted by atomic mass is 35.5. The second-order valence-electron chi connectivity index (χ2n) is 6.06. The zero-order valence-electron chi connectivity index (χ0n) is 12.3. The average Bonchev–Trinajstić information content (AvgIpc) is 3.22. The Morgan fingerprint density at radius 3 is 2.35 bits per heavy atom. The molecule has 3 N–H and O–H groups in total. The van der Waals surface area contributed by atoms with Crippen LogP contribution in [0.2, 0.25) is 5.02 Å². The van der Waals surface area contributed by atoms with Crippen molar-refractivity contribution in [3.05, 3.63) is 28.8 Å². The predicted molar refractivity (Wildman–Crippen MR) is 84.4 cm³/mol. The molecule has 0 radical (unpaired) electrons. The molecule has 2 fully saturated rings. The number of halogens is 1. The van der Waals surface area contributed by atoms with E-state index in [1.807, 2.05) is 0 Å². The Morgan fingerprint density at radius 2 is 1.78 bits per heavy atom. The van der Waals surface area contributed by atoms with Crippen LogP contribution in [0.1, 0.15) is 36.0 Å². The van der Waals surface area contributed by atoms with Crippen molar-refractivity contribution in [1.29, 1.82) is 0 Å². The Kier molecular flexibility index (Phi) is 4.26. The Labute approximate surface area is 138 Å². The van der Waals surface area contributed by atoms with E-state index >= 15 is 0 Å². The molecule has 1 aromatic carbocycles. The molecule has 1 aromatic rings. The Morgan fingerprint density at radius 1 is 1.09 bits per heavy atom. The van der Waals surface area contributed by atoms with E-state index in [2.05, 4.69) is 10.6 Å². The van der Waals surface area contributed by atoms with Crippen LogP contribution < -0.4 is 10.6 Å². The number of hydrogen-bond acceptors (Lipinski definition) is 3. The van der Waals surface area contributed by atoms with E-state index in [1.165, 1.54) is 6.07 Å². The van der Waals surface area contributed by atoms with Crippen molar-refractivity contribution in [1.82, 2.24) is 5.32 Å². The van der Waals surface area contributed by atoms with E-state index in [-0.39, 0.29) is 17.9 Å². The van der Waals surface area contributed by atoms with Gasteiger partial charge in [0, 0.05) is 11.7 Å². The lowest BCUT2D eigenvalue weighted by atomic mass is 9.73. The van der Waals surface area contributed by atoms with Gasteiger partial charge in [-0.3, -0.25) is 14.4 Å². The standard InChI is InChI=1S/C16H17ClN2O4/c17-13-6-3-9(7-12(13)15(21)18-8-1-2-8)19-14(20)10-4-5-11(10)16(22)23/h3,6-8,10-11H,1-2,4-5H2,(H,18,21)(H,19,20)(H,22,23). The fourth-order valence-electron chi connectivity index (χ4n) is 2.61. The molecular weight excluding hydrogens is 320 g/mol. The summed E-state index contributed by atoms with van der Waals surface area (Å²) in [4.78, 5) is 35.3. The molecule has 0 bridgehead atoms. The van der Waals surface area contributed by atoms with E-state index in [0.717, 1.165) is 12.8 Å². The average molecular weight is 337 g/mol. The minimum absolute atomic E-state index is 0.211. The highest BCUT2D eigenvalue weighted by Gasteiger charge is 2.41. The van der Waals surface area contributed by atoms with Crippen LogP contribution in [0, 0.1) is 11.8 Å². The van der Waals surface area contributed by atoms with Gasteiger partial charge >= 0.3 is 5.97 Å². The lowest BCUT2D eigenvalue weighted by Crippen LogP contribution is -2.41. The number of benzene rings is 1. The quantitative estimate of drug-likeness (QED) is 0.768. The molecule has 2 unspecified atom stereocenters. The Balaban J connectivity index is 1.69. The molecule has 2 saturated carbocycles. The lowest BCUT2D eigenvalue weighted by Gasteiger charge is -2.31. The van der Waals surface area contributed by atoms with Gasteiger partial charge in [-0.15, -0.1) is 0 Å². The molecule has 6 nitrogen and oxygen atoms in total. The van der Waals surface area contributed by atoms with Crippen molar-refractivity contribution in [2.24, 2.45) is 11.8 Å². The summed E-state index contributed by atoms with van der Waals surface area (Å²) in [5, 5.41) is 14.8. The SMILES string of the molecule is O=C(NC1CC1)c1cc(NC(=O)C2CCC2C(=O)O)ccc1Cl. The molecule has 0 aromatic heterocycles. The second-order valence-corrected chi connectivity index (χ2v) is 6.47. The molecule has 0 spiro atoms. The van der Waals surface area contributed by atoms with Crippen molar-refractivity contribution in [3.63, 3.8) is 0 Å². The summed E-state index contributed by atoms with van der Waals surface area (Å²) >= 11 is 6.05. The Bertz CT molecular complexity index is 672. The molecule has 122 valence electrons. The molecular formula is C16H17ClN2O4. The van der Waals surface area contributed by atoms with Crippen LogP contribution in [-0.2, 0) is 9.59 Å². The summed E-state index contributed by atoms with van der Waals surface area (Å²) < 4.78 is 0. The minimum atomic E-state index is -0.947. The van der Waals surface area contributed by atoms with E-state index in [4.69, 9.17) is 16.7 Å². The number of nitrogens with one attached hydrogen (secondary N) is 2. The van der Waals surface area contributed by atoms with Crippen molar-refractivity contribution < 1.29 is 19.5 Å². The van der Waals surface area contributed by atoms with Crippen LogP contribution in [0.25, 0.3) is 0 Å². The molecule has 23 heavy (non-hydrogen) atoms. The number of carbonyl (C=O) groups excluding carboxylic acids is 2. The lowest BCUT2D eigenvalue weighted by molar-refractivity contribution is -0.151. The van der Waals surface area contributed by atoms with Crippen LogP contribution in [0.4, 0.5) is 5.69 Å². The molecule has 3 rings (SSSR count). The summed E-state index contributed by atoms with van der Waals surface area (Å²) in [6, 6.07) is 4.88. The first-order valence-electron chi connectivity index (χ1n) is 7.60. The Hall–Kier alpha value is -2.08. The maximum Gasteiger partial charge on any atom is 0.307 e. The summed E-state index contributed by atoms with van der Waals surface area (Å²) in [7, 11) is 0. The number of aliphatic carboxylic acids is 1. The summed E-state index contributed by atoms with van der Waals surface area (Å²) in [5.41, 5.74) is 0.746. The van der Waals surface area contributed by atoms with Crippen LogP contribution in [0.3, 0.4) is 0 Å². The fraction of sp³-hybridized carbons (Fsp3) is 0.438. The third-order valence-electron chi connectivity index (χ3n) is 4.32. The third kappa shape index (κ3) is 3.47. The van der Waals surface area contributed by atoms with Gasteiger partial charge in [0.1, 0.15) is 0 Å². The highest BCUT2D eigenvalue weighted by molar-refractivity contribution is 6.34. The normalized spacial score (nSPS) is 22.8. The molecule has 2 aliphatic carbocycles. The number of carboxylic acids is 1. The molecule has 0 heterocycles. The molecule has 2 atom stereocenters. The molecule has 2 aliphatic rings. The van der Waals surface area contributed by atoms with E-state index < -0.39 is 17.8 Å². The zero-order chi connectivity index (χ0) is 16.6. The second kappa shape index (κ2) is 6.20. The van der Waals surface area contributed by atoms with Gasteiger partial charge in [0.05, 0.1) is 22.4 Å². The van der Waals surface area contributed by atoms with Gasteiger partial charge in [-0.1, -0.05) is 11.6 Å². The van der Waals surface area contributed by atoms with Crippen molar-refractivity contribution in [2.45, 2.75) is 31.7 Å². The topological polar surface area (TPSA) is 95.5 Å². The first-order chi connectivity index (χ1) is 11.0. The molecule has 2 amide bonds. The summed E-state index contributed by atoms with van der Waals surface area (Å²) in [5.74, 6) is -2.69. The molecule has 7 heteroatoms. The first-order valence-corrected chi connectivity index (χ1v) is 7.97. The number of carbonyl (C=O) groups is 3. The van der Waals surface area contributed by atoms with Crippen molar-refractivity contribution in [3.8, 4) is 0 Å². The smallest absolute Gasteiger partial charge is 0.307 e. The highest BCUT2D eigenvalue weighted by Crippen LogP contribution is 2.35. The van der Waals surface area contributed by atoms with Crippen molar-refractivity contribution >= 4 is 35.1 Å². The largest absolute Gasteiger partial charge is 0.481 e. The first kappa shape index (κ1) is 15.8. The van der Waals surface area contributed by atoms with Gasteiger partial charge in [-0.2, -0.15) is 0 Å². The number of amides is 2. The van der Waals surface area contributed by atoms with Gasteiger partial charge < -0.3 is 15.7 Å². The number of carboxylic acid groups (broad SMARTS) is 1. The van der Waals surface area contributed by atoms with Crippen LogP contribution >= 0.6 is 11.6 Å². The van der Waals surface area contributed by atoms with Crippen LogP contribution in [0.15, 0.2) is 18.2 Å². The maximum atomic E-state index is 12.2. The number of rotatable bonds is 5.